The number of benzene rings is 2. The summed E-state index contributed by atoms with van der Waals surface area (Å²) in [6.45, 7) is 4.89. The highest BCUT2D eigenvalue weighted by Crippen LogP contribution is 2.47. The van der Waals surface area contributed by atoms with Crippen LogP contribution in [0.15, 0.2) is 52.9 Å². The maximum Gasteiger partial charge on any atom is 0.409 e. The van der Waals surface area contributed by atoms with Crippen LogP contribution in [-0.4, -0.2) is 104 Å². The number of anilines is 1. The molecular weight excluding hydrogens is 718 g/mol. The number of nitrogens with one attached hydrogen (secondary N) is 1. The second-order valence-corrected chi connectivity index (χ2v) is 17.7. The molecule has 5 aliphatic rings. The lowest BCUT2D eigenvalue weighted by Crippen LogP contribution is -2.54. The van der Waals surface area contributed by atoms with Crippen molar-refractivity contribution in [3.63, 3.8) is 0 Å². The van der Waals surface area contributed by atoms with Gasteiger partial charge in [0.15, 0.2) is 0 Å². The molecule has 7 rings (SSSR count). The molecule has 6 atom stereocenters. The van der Waals surface area contributed by atoms with Crippen molar-refractivity contribution in [2.24, 2.45) is 22.1 Å². The third kappa shape index (κ3) is 7.88. The molecule has 286 valence electrons. The van der Waals surface area contributed by atoms with Gasteiger partial charge in [0.1, 0.15) is 15.7 Å². The molecule has 53 heavy (non-hydrogen) atoms. The number of rotatable bonds is 2. The first-order chi connectivity index (χ1) is 25.5. The van der Waals surface area contributed by atoms with Gasteiger partial charge < -0.3 is 28.9 Å². The van der Waals surface area contributed by atoms with Crippen LogP contribution in [0.5, 0.6) is 5.75 Å². The van der Waals surface area contributed by atoms with Gasteiger partial charge in [0.2, 0.25) is 0 Å². The maximum atomic E-state index is 14.6. The molecule has 0 unspecified atom stereocenters. The molecule has 2 aromatic carbocycles. The zero-order chi connectivity index (χ0) is 37.3. The molecule has 14 heteroatoms. The van der Waals surface area contributed by atoms with Crippen molar-refractivity contribution in [3.8, 4) is 5.75 Å². The first-order valence-electron chi connectivity index (χ1n) is 18.7. The highest BCUT2D eigenvalue weighted by Gasteiger charge is 2.44. The van der Waals surface area contributed by atoms with Gasteiger partial charge in [0, 0.05) is 62.4 Å². The molecule has 4 amide bonds. The van der Waals surface area contributed by atoms with E-state index in [1.807, 2.05) is 25.1 Å². The molecule has 1 saturated heterocycles. The Balaban J connectivity index is 1.24. The Hall–Kier alpha value is -3.81. The molecule has 0 radical (unpaired) electrons. The predicted molar refractivity (Wildman–Crippen MR) is 204 cm³/mol. The van der Waals surface area contributed by atoms with E-state index < -0.39 is 27.9 Å². The van der Waals surface area contributed by atoms with Crippen molar-refractivity contribution in [1.82, 2.24) is 14.5 Å². The van der Waals surface area contributed by atoms with E-state index in [-0.39, 0.29) is 54.9 Å². The number of amides is 4. The fraction of sp³-hybridized carbons (Fsp3) is 0.564. The molecule has 1 spiro atoms. The number of aryl methyl sites for hydroxylation is 1. The van der Waals surface area contributed by atoms with Gasteiger partial charge in [0.05, 0.1) is 31.3 Å². The average molecular weight is 768 g/mol. The van der Waals surface area contributed by atoms with Crippen molar-refractivity contribution >= 4 is 45.2 Å². The van der Waals surface area contributed by atoms with Crippen molar-refractivity contribution in [2.75, 3.05) is 70.7 Å². The zero-order valence-electron chi connectivity index (χ0n) is 30.8. The number of methoxy groups -OCH3 is 2. The largest absolute Gasteiger partial charge is 0.490 e. The van der Waals surface area contributed by atoms with E-state index in [2.05, 4.69) is 38.3 Å². The lowest BCUT2D eigenvalue weighted by atomic mass is 9.68. The van der Waals surface area contributed by atoms with Gasteiger partial charge in [-0.05, 0) is 97.7 Å². The fourth-order valence-electron chi connectivity index (χ4n) is 8.79. The zero-order valence-corrected chi connectivity index (χ0v) is 32.3. The molecule has 2 bridgehead atoms. The first kappa shape index (κ1) is 37.5. The predicted octanol–water partition coefficient (Wildman–Crippen LogP) is 6.07. The number of nitrogens with zero attached hydrogens (tertiary/aromatic N) is 4. The lowest BCUT2D eigenvalue weighted by molar-refractivity contribution is 0.0131. The van der Waals surface area contributed by atoms with Gasteiger partial charge >= 0.3 is 12.1 Å². The molecule has 0 aromatic heterocycles. The monoisotopic (exact) mass is 767 g/mol. The Labute approximate surface area is 317 Å². The molecule has 1 N–H and O–H groups in total. The summed E-state index contributed by atoms with van der Waals surface area (Å²) < 4.78 is 39.1. The average Bonchev–Trinajstić information content (AvgIpc) is 3.28. The standard InChI is InChI=1S/C39H50ClN5O7S/c1-26-6-4-8-34(50-2)31-12-9-29(31)22-45-24-39(15-5-7-27-20-30(40)11-13-32(27)39)25-52-35-14-10-28(21-33(35)45)36(46)41-53(49,23-26)42-37(47)43-16-18-44(19-17-43)38(48)51-3/h4,8,10-11,13-14,20-21,26,29,31,34H,5-7,9,12,15-19,22-25H2,1-3H3,(H,41,42,46,47,49)/b8-4+/t26-,29-,31+,34-,39-,53-/m0/s1. The number of fused-ring (bicyclic) bond motifs is 4. The molecule has 3 heterocycles. The maximum absolute atomic E-state index is 14.6. The summed E-state index contributed by atoms with van der Waals surface area (Å²) in [6.07, 6.45) is 9.29. The molecule has 3 aliphatic heterocycles. The Morgan fingerprint density at radius 3 is 2.60 bits per heavy atom. The highest BCUT2D eigenvalue weighted by atomic mass is 35.5. The van der Waals surface area contributed by atoms with Crippen molar-refractivity contribution in [1.29, 1.82) is 0 Å². The van der Waals surface area contributed by atoms with Gasteiger partial charge in [-0.2, -0.15) is 0 Å². The number of halogens is 1. The summed E-state index contributed by atoms with van der Waals surface area (Å²) in [5, 5.41) is 0.731. The van der Waals surface area contributed by atoms with Gasteiger partial charge in [-0.25, -0.2) is 13.8 Å². The molecule has 2 aliphatic carbocycles. The Morgan fingerprint density at radius 2 is 1.87 bits per heavy atom. The lowest BCUT2D eigenvalue weighted by Gasteiger charge is -2.46. The summed E-state index contributed by atoms with van der Waals surface area (Å²) in [5.74, 6) is 0.526. The quantitative estimate of drug-likeness (QED) is 0.365. The number of ether oxygens (including phenoxy) is 3. The van der Waals surface area contributed by atoms with E-state index >= 15 is 0 Å². The number of allylic oxidation sites excluding steroid dienone is 1. The van der Waals surface area contributed by atoms with Crippen LogP contribution in [0, 0.1) is 17.8 Å². The minimum atomic E-state index is -3.57. The number of carbonyl (C=O) groups is 3. The minimum absolute atomic E-state index is 0.0211. The van der Waals surface area contributed by atoms with E-state index in [9.17, 15) is 18.6 Å². The number of urea groups is 1. The van der Waals surface area contributed by atoms with Gasteiger partial charge in [-0.3, -0.25) is 9.52 Å². The summed E-state index contributed by atoms with van der Waals surface area (Å²) in [6, 6.07) is 10.9. The molecule has 2 fully saturated rings. The van der Waals surface area contributed by atoms with Crippen molar-refractivity contribution < 1.29 is 32.8 Å². The van der Waals surface area contributed by atoms with Crippen LogP contribution in [-0.2, 0) is 31.2 Å². The first-order valence-corrected chi connectivity index (χ1v) is 20.7. The molecule has 12 nitrogen and oxygen atoms in total. The number of hydrogen-bond acceptors (Lipinski definition) is 8. The van der Waals surface area contributed by atoms with Gasteiger partial charge in [-0.15, -0.1) is 4.36 Å². The third-order valence-electron chi connectivity index (χ3n) is 11.8. The number of piperazine rings is 1. The number of carbonyl (C=O) groups excluding carboxylic acids is 3. The SMILES string of the molecule is COC(=O)N1CCN(C(=O)N[S@@]2(=O)=NC(=O)c3ccc4c(c3)N(C[C@@H]3CC[C@H]3[C@@H](OC)/C=C/C[C@H](C)C2)C[C@@]2(CCCc3cc(Cl)ccc32)CO4)CC1. The second kappa shape index (κ2) is 15.5. The Bertz CT molecular complexity index is 1890. The van der Waals surface area contributed by atoms with Crippen LogP contribution < -0.4 is 14.4 Å². The normalized spacial score (nSPS) is 30.8. The van der Waals surface area contributed by atoms with Crippen molar-refractivity contribution in [3.05, 3.63) is 70.3 Å². The van der Waals surface area contributed by atoms with E-state index in [0.717, 1.165) is 49.4 Å². The highest BCUT2D eigenvalue weighted by molar-refractivity contribution is 7.92. The molecule has 1 saturated carbocycles. The van der Waals surface area contributed by atoms with E-state index in [0.29, 0.717) is 37.2 Å². The van der Waals surface area contributed by atoms with Crippen LogP contribution in [0.25, 0.3) is 0 Å². The van der Waals surface area contributed by atoms with Gasteiger partial charge in [-0.1, -0.05) is 36.7 Å². The number of hydrogen-bond donors (Lipinski definition) is 1. The van der Waals surface area contributed by atoms with E-state index in [4.69, 9.17) is 25.8 Å². The molecule has 2 aromatic rings. The van der Waals surface area contributed by atoms with E-state index in [1.165, 1.54) is 28.0 Å². The summed E-state index contributed by atoms with van der Waals surface area (Å²) in [7, 11) is -0.499. The Kier molecular flexibility index (Phi) is 11.0. The van der Waals surface area contributed by atoms with Gasteiger partial charge in [0.25, 0.3) is 5.91 Å². The molecular formula is C39H50ClN5O7S. The van der Waals surface area contributed by atoms with E-state index in [1.54, 1.807) is 13.2 Å². The van der Waals surface area contributed by atoms with Crippen LogP contribution in [0.3, 0.4) is 0 Å². The summed E-state index contributed by atoms with van der Waals surface area (Å²) in [4.78, 5) is 44.9. The van der Waals surface area contributed by atoms with Crippen LogP contribution in [0.4, 0.5) is 15.3 Å². The minimum Gasteiger partial charge on any atom is -0.490 e. The van der Waals surface area contributed by atoms with Crippen LogP contribution in [0.2, 0.25) is 5.02 Å². The second-order valence-electron chi connectivity index (χ2n) is 15.3. The summed E-state index contributed by atoms with van der Waals surface area (Å²) in [5.41, 5.74) is 3.32. The topological polar surface area (TPSA) is 130 Å². The van der Waals surface area contributed by atoms with Crippen molar-refractivity contribution in [2.45, 2.75) is 57.0 Å². The Morgan fingerprint density at radius 1 is 1.08 bits per heavy atom. The summed E-state index contributed by atoms with van der Waals surface area (Å²) >= 11 is 6.46. The smallest absolute Gasteiger partial charge is 0.409 e. The fourth-order valence-corrected chi connectivity index (χ4v) is 10.9. The third-order valence-corrected chi connectivity index (χ3v) is 14.0. The van der Waals surface area contributed by atoms with Crippen LogP contribution in [0.1, 0.15) is 60.5 Å². The van der Waals surface area contributed by atoms with Crippen LogP contribution >= 0.6 is 11.6 Å².